The van der Waals surface area contributed by atoms with Crippen LogP contribution in [0.4, 0.5) is 11.4 Å². The monoisotopic (exact) mass is 577 g/mol. The van der Waals surface area contributed by atoms with Crippen molar-refractivity contribution >= 4 is 55.3 Å². The molecule has 0 bridgehead atoms. The lowest BCUT2D eigenvalue weighted by atomic mass is 9.98. The molecule has 9 aromatic rings. The molecule has 0 amide bonds. The summed E-state index contributed by atoms with van der Waals surface area (Å²) in [6.07, 6.45) is 0. The van der Waals surface area contributed by atoms with Gasteiger partial charge in [0, 0.05) is 32.9 Å². The molecule has 0 spiro atoms. The fourth-order valence-electron chi connectivity index (χ4n) is 6.43. The Balaban J connectivity index is 0.973. The molecule has 2 aromatic heterocycles. The lowest BCUT2D eigenvalue weighted by Crippen LogP contribution is -1.90. The molecule has 0 fully saturated rings. The van der Waals surface area contributed by atoms with Crippen LogP contribution in [-0.2, 0) is 0 Å². The van der Waals surface area contributed by atoms with Crippen LogP contribution in [0.1, 0.15) is 0 Å². The third-order valence-corrected chi connectivity index (χ3v) is 8.69. The predicted octanol–water partition coefficient (Wildman–Crippen LogP) is 12.2. The summed E-state index contributed by atoms with van der Waals surface area (Å²) in [6.45, 7) is 0. The number of furan rings is 2. The summed E-state index contributed by atoms with van der Waals surface area (Å²) in [5.74, 6) is 0. The van der Waals surface area contributed by atoms with Gasteiger partial charge < -0.3 is 14.2 Å². The molecular formula is C42H27NO2. The van der Waals surface area contributed by atoms with E-state index < -0.39 is 0 Å². The van der Waals surface area contributed by atoms with Crippen molar-refractivity contribution in [1.29, 1.82) is 0 Å². The normalized spacial score (nSPS) is 11.6. The molecule has 0 radical (unpaired) electrons. The SMILES string of the molecule is c1ccc(-c2ccc3c(c2)oc2cccc(-c4ccc(Nc5ccc(-c6ccc7c(c6)oc6ccccc67)cc5)cc4)c23)cc1. The molecule has 0 saturated carbocycles. The smallest absolute Gasteiger partial charge is 0.136 e. The van der Waals surface area contributed by atoms with E-state index in [4.69, 9.17) is 8.83 Å². The van der Waals surface area contributed by atoms with Crippen LogP contribution in [0.5, 0.6) is 0 Å². The molecule has 45 heavy (non-hydrogen) atoms. The summed E-state index contributed by atoms with van der Waals surface area (Å²) < 4.78 is 12.4. The Morgan fingerprint density at radius 3 is 1.62 bits per heavy atom. The number of benzene rings is 7. The summed E-state index contributed by atoms with van der Waals surface area (Å²) in [4.78, 5) is 0. The van der Waals surface area contributed by atoms with Gasteiger partial charge in [0.05, 0.1) is 0 Å². The molecule has 1 N–H and O–H groups in total. The minimum absolute atomic E-state index is 0.898. The van der Waals surface area contributed by atoms with Crippen molar-refractivity contribution in [2.45, 2.75) is 0 Å². The van der Waals surface area contributed by atoms with Crippen molar-refractivity contribution in [3.63, 3.8) is 0 Å². The van der Waals surface area contributed by atoms with Crippen LogP contribution in [0.2, 0.25) is 0 Å². The van der Waals surface area contributed by atoms with E-state index in [0.717, 1.165) is 83.1 Å². The van der Waals surface area contributed by atoms with Gasteiger partial charge in [-0.1, -0.05) is 97.1 Å². The maximum absolute atomic E-state index is 6.34. The molecular weight excluding hydrogens is 550 g/mol. The van der Waals surface area contributed by atoms with Crippen LogP contribution >= 0.6 is 0 Å². The number of fused-ring (bicyclic) bond motifs is 6. The van der Waals surface area contributed by atoms with Crippen LogP contribution in [0, 0.1) is 0 Å². The Morgan fingerprint density at radius 2 is 0.867 bits per heavy atom. The third-order valence-electron chi connectivity index (χ3n) is 8.69. The largest absolute Gasteiger partial charge is 0.456 e. The number of anilines is 2. The van der Waals surface area contributed by atoms with E-state index in [1.807, 2.05) is 24.3 Å². The van der Waals surface area contributed by atoms with Gasteiger partial charge in [0.1, 0.15) is 22.3 Å². The summed E-state index contributed by atoms with van der Waals surface area (Å²) in [5.41, 5.74) is 12.6. The zero-order valence-electron chi connectivity index (χ0n) is 24.3. The minimum Gasteiger partial charge on any atom is -0.456 e. The highest BCUT2D eigenvalue weighted by atomic mass is 16.3. The second-order valence-corrected chi connectivity index (χ2v) is 11.4. The van der Waals surface area contributed by atoms with Crippen LogP contribution < -0.4 is 5.32 Å². The van der Waals surface area contributed by atoms with Crippen molar-refractivity contribution in [3.8, 4) is 33.4 Å². The number of hydrogen-bond donors (Lipinski definition) is 1. The summed E-state index contributed by atoms with van der Waals surface area (Å²) in [7, 11) is 0. The zero-order chi connectivity index (χ0) is 29.7. The third kappa shape index (κ3) is 4.45. The fraction of sp³-hybridized carbons (Fsp3) is 0. The highest BCUT2D eigenvalue weighted by Gasteiger charge is 2.14. The molecule has 0 aliphatic rings. The Kier molecular flexibility index (Phi) is 5.82. The summed E-state index contributed by atoms with van der Waals surface area (Å²) in [5, 5.41) is 8.12. The summed E-state index contributed by atoms with van der Waals surface area (Å²) in [6, 6.07) is 55.0. The Hall–Kier alpha value is -6.06. The van der Waals surface area contributed by atoms with Gasteiger partial charge in [0.2, 0.25) is 0 Å². The molecule has 0 unspecified atom stereocenters. The van der Waals surface area contributed by atoms with Gasteiger partial charge in [-0.3, -0.25) is 0 Å². The second-order valence-electron chi connectivity index (χ2n) is 11.4. The maximum Gasteiger partial charge on any atom is 0.136 e. The van der Waals surface area contributed by atoms with Crippen molar-refractivity contribution in [2.75, 3.05) is 5.32 Å². The Bertz CT molecular complexity index is 2480. The quantitative estimate of drug-likeness (QED) is 0.221. The molecule has 0 aliphatic carbocycles. The Labute approximate surface area is 260 Å². The summed E-state index contributed by atoms with van der Waals surface area (Å²) >= 11 is 0. The standard InChI is InChI=1S/C42H27NO2/c1-2-7-27(8-3-1)30-18-24-37-41(26-30)45-39-12-6-10-34(42(37)39)29-15-21-33(22-16-29)43-32-19-13-28(14-20-32)31-17-23-36-35-9-4-5-11-38(35)44-40(36)25-31/h1-26,43H. The highest BCUT2D eigenvalue weighted by Crippen LogP contribution is 2.39. The van der Waals surface area contributed by atoms with Gasteiger partial charge in [-0.05, 0) is 94.0 Å². The molecule has 3 heteroatoms. The van der Waals surface area contributed by atoms with E-state index in [1.54, 1.807) is 0 Å². The van der Waals surface area contributed by atoms with Crippen LogP contribution in [-0.4, -0.2) is 0 Å². The lowest BCUT2D eigenvalue weighted by Gasteiger charge is -2.10. The molecule has 0 aliphatic heterocycles. The molecule has 212 valence electrons. The van der Waals surface area contributed by atoms with Crippen LogP contribution in [0.3, 0.4) is 0 Å². The highest BCUT2D eigenvalue weighted by molar-refractivity contribution is 6.13. The fourth-order valence-corrected chi connectivity index (χ4v) is 6.43. The maximum atomic E-state index is 6.34. The minimum atomic E-state index is 0.898. The van der Waals surface area contributed by atoms with Crippen LogP contribution in [0.25, 0.3) is 77.3 Å². The van der Waals surface area contributed by atoms with Crippen molar-refractivity contribution < 1.29 is 8.83 Å². The predicted molar refractivity (Wildman–Crippen MR) is 187 cm³/mol. The van der Waals surface area contributed by atoms with Crippen molar-refractivity contribution in [1.82, 2.24) is 0 Å². The van der Waals surface area contributed by atoms with E-state index >= 15 is 0 Å². The molecule has 9 rings (SSSR count). The first-order valence-electron chi connectivity index (χ1n) is 15.2. The van der Waals surface area contributed by atoms with Gasteiger partial charge in [-0.15, -0.1) is 0 Å². The first-order valence-corrected chi connectivity index (χ1v) is 15.2. The van der Waals surface area contributed by atoms with Crippen LogP contribution in [0.15, 0.2) is 167 Å². The van der Waals surface area contributed by atoms with Gasteiger partial charge in [-0.2, -0.15) is 0 Å². The average Bonchev–Trinajstić information content (AvgIpc) is 3.67. The van der Waals surface area contributed by atoms with Gasteiger partial charge in [-0.25, -0.2) is 0 Å². The molecule has 3 nitrogen and oxygen atoms in total. The average molecular weight is 578 g/mol. The number of para-hydroxylation sites is 1. The number of rotatable bonds is 5. The van der Waals surface area contributed by atoms with Crippen molar-refractivity contribution in [2.24, 2.45) is 0 Å². The molecule has 2 heterocycles. The van der Waals surface area contributed by atoms with E-state index in [0.29, 0.717) is 0 Å². The topological polar surface area (TPSA) is 38.3 Å². The second kappa shape index (κ2) is 10.3. The molecule has 7 aromatic carbocycles. The first-order chi connectivity index (χ1) is 22.3. The zero-order valence-corrected chi connectivity index (χ0v) is 24.3. The van der Waals surface area contributed by atoms with E-state index in [1.165, 1.54) is 5.56 Å². The van der Waals surface area contributed by atoms with E-state index in [-0.39, 0.29) is 0 Å². The van der Waals surface area contributed by atoms with Crippen molar-refractivity contribution in [3.05, 3.63) is 158 Å². The lowest BCUT2D eigenvalue weighted by molar-refractivity contribution is 0.668. The van der Waals surface area contributed by atoms with Gasteiger partial charge in [0.25, 0.3) is 0 Å². The number of nitrogens with one attached hydrogen (secondary N) is 1. The van der Waals surface area contributed by atoms with Gasteiger partial charge in [0.15, 0.2) is 0 Å². The van der Waals surface area contributed by atoms with E-state index in [2.05, 4.69) is 139 Å². The Morgan fingerprint density at radius 1 is 0.333 bits per heavy atom. The first kappa shape index (κ1) is 25.4. The molecule has 0 saturated heterocycles. The molecule has 0 atom stereocenters. The van der Waals surface area contributed by atoms with Gasteiger partial charge >= 0.3 is 0 Å². The van der Waals surface area contributed by atoms with E-state index in [9.17, 15) is 0 Å². The number of hydrogen-bond acceptors (Lipinski definition) is 3.